The van der Waals surface area contributed by atoms with E-state index in [4.69, 9.17) is 4.74 Å². The number of rotatable bonds is 3. The molecule has 2 heterocycles. The molecule has 0 aromatic heterocycles. The highest BCUT2D eigenvalue weighted by molar-refractivity contribution is 7.89. The predicted molar refractivity (Wildman–Crippen MR) is 85.8 cm³/mol. The van der Waals surface area contributed by atoms with Crippen molar-refractivity contribution in [3.63, 3.8) is 0 Å². The van der Waals surface area contributed by atoms with E-state index >= 15 is 0 Å². The van der Waals surface area contributed by atoms with Gasteiger partial charge in [0, 0.05) is 13.1 Å². The Balaban J connectivity index is 2.01. The fourth-order valence-corrected chi connectivity index (χ4v) is 5.60. The zero-order chi connectivity index (χ0) is 16.7. The second-order valence-corrected chi connectivity index (χ2v) is 8.07. The van der Waals surface area contributed by atoms with Crippen LogP contribution in [0.15, 0.2) is 23.1 Å². The number of aryl methyl sites for hydroxylation is 1. The fraction of sp³-hybridized carbons (Fsp3) is 0.562. The lowest BCUT2D eigenvalue weighted by molar-refractivity contribution is -0.131. The first kappa shape index (κ1) is 16.3. The zero-order valence-electron chi connectivity index (χ0n) is 13.5. The Bertz CT molecular complexity index is 732. The van der Waals surface area contributed by atoms with Crippen LogP contribution in [0.25, 0.3) is 0 Å². The normalized spacial score (nSPS) is 25.6. The Morgan fingerprint density at radius 2 is 2.00 bits per heavy atom. The first-order valence-electron chi connectivity index (χ1n) is 7.88. The molecule has 0 bridgehead atoms. The van der Waals surface area contributed by atoms with Crippen LogP contribution in [0.5, 0.6) is 5.75 Å². The van der Waals surface area contributed by atoms with E-state index in [-0.39, 0.29) is 10.8 Å². The number of hydrogen-bond donors (Lipinski definition) is 1. The van der Waals surface area contributed by atoms with Gasteiger partial charge in [0.15, 0.2) is 0 Å². The number of ether oxygens (including phenoxy) is 1. The van der Waals surface area contributed by atoms with E-state index in [1.807, 2.05) is 6.92 Å². The van der Waals surface area contributed by atoms with Crippen LogP contribution in [-0.2, 0) is 14.8 Å². The smallest absolute Gasteiger partial charge is 0.244 e. The lowest BCUT2D eigenvalue weighted by Crippen LogP contribution is -2.60. The van der Waals surface area contributed by atoms with Crippen molar-refractivity contribution in [1.29, 1.82) is 0 Å². The van der Waals surface area contributed by atoms with Gasteiger partial charge in [-0.25, -0.2) is 8.42 Å². The second kappa shape index (κ2) is 5.79. The van der Waals surface area contributed by atoms with Crippen LogP contribution in [0.2, 0.25) is 0 Å². The van der Waals surface area contributed by atoms with E-state index in [9.17, 15) is 13.2 Å². The topological polar surface area (TPSA) is 75.7 Å². The number of methoxy groups -OCH3 is 1. The van der Waals surface area contributed by atoms with Crippen LogP contribution in [-0.4, -0.2) is 44.4 Å². The number of nitrogens with zero attached hydrogens (tertiary/aromatic N) is 1. The van der Waals surface area contributed by atoms with Gasteiger partial charge in [-0.2, -0.15) is 4.31 Å². The minimum absolute atomic E-state index is 0.157. The molecule has 23 heavy (non-hydrogen) atoms. The first-order chi connectivity index (χ1) is 10.9. The third kappa shape index (κ3) is 2.52. The molecule has 1 aromatic carbocycles. The van der Waals surface area contributed by atoms with Crippen molar-refractivity contribution in [2.24, 2.45) is 0 Å². The average Bonchev–Trinajstić information content (AvgIpc) is 2.95. The molecule has 6 nitrogen and oxygen atoms in total. The molecule has 1 N–H and O–H groups in total. The number of piperidine rings is 1. The highest BCUT2D eigenvalue weighted by atomic mass is 32.2. The van der Waals surface area contributed by atoms with E-state index < -0.39 is 15.6 Å². The number of amides is 1. The molecule has 1 atom stereocenters. The Hall–Kier alpha value is -1.60. The van der Waals surface area contributed by atoms with Crippen LogP contribution >= 0.6 is 0 Å². The van der Waals surface area contributed by atoms with Gasteiger partial charge in [0.1, 0.15) is 11.3 Å². The zero-order valence-corrected chi connectivity index (χ0v) is 14.3. The molecular formula is C16H22N2O4S. The van der Waals surface area contributed by atoms with Gasteiger partial charge in [-0.3, -0.25) is 4.79 Å². The maximum atomic E-state index is 13.1. The third-order valence-corrected chi connectivity index (χ3v) is 6.82. The highest BCUT2D eigenvalue weighted by Gasteiger charge is 2.53. The summed E-state index contributed by atoms with van der Waals surface area (Å²) < 4.78 is 32.8. The summed E-state index contributed by atoms with van der Waals surface area (Å²) in [7, 11) is -2.16. The van der Waals surface area contributed by atoms with Gasteiger partial charge >= 0.3 is 0 Å². The summed E-state index contributed by atoms with van der Waals surface area (Å²) in [5.41, 5.74) is -0.153. The van der Waals surface area contributed by atoms with Gasteiger partial charge < -0.3 is 10.1 Å². The number of carbonyl (C=O) groups excluding carboxylic acids is 1. The quantitative estimate of drug-likeness (QED) is 0.905. The van der Waals surface area contributed by atoms with Gasteiger partial charge in [-0.05, 0) is 56.4 Å². The fourth-order valence-electron chi connectivity index (χ4n) is 3.68. The maximum Gasteiger partial charge on any atom is 0.244 e. The van der Waals surface area contributed by atoms with Gasteiger partial charge in [0.2, 0.25) is 15.9 Å². The average molecular weight is 338 g/mol. The molecule has 2 aliphatic rings. The highest BCUT2D eigenvalue weighted by Crippen LogP contribution is 2.40. The third-order valence-electron chi connectivity index (χ3n) is 4.86. The lowest BCUT2D eigenvalue weighted by atomic mass is 9.88. The van der Waals surface area contributed by atoms with Crippen LogP contribution in [0.1, 0.15) is 31.2 Å². The van der Waals surface area contributed by atoms with Gasteiger partial charge in [-0.1, -0.05) is 0 Å². The van der Waals surface area contributed by atoms with Gasteiger partial charge in [-0.15, -0.1) is 0 Å². The Morgan fingerprint density at radius 1 is 1.26 bits per heavy atom. The summed E-state index contributed by atoms with van der Waals surface area (Å²) in [4.78, 5) is 12.7. The summed E-state index contributed by atoms with van der Waals surface area (Å²) in [6.07, 6.45) is 2.70. The molecule has 0 aliphatic carbocycles. The summed E-state index contributed by atoms with van der Waals surface area (Å²) in [5.74, 6) is 0.491. The summed E-state index contributed by atoms with van der Waals surface area (Å²) >= 11 is 0. The molecule has 3 rings (SSSR count). The number of carbonyl (C=O) groups is 1. The molecule has 1 unspecified atom stereocenters. The van der Waals surface area contributed by atoms with Crippen molar-refractivity contribution in [3.8, 4) is 5.75 Å². The first-order valence-corrected chi connectivity index (χ1v) is 9.32. The summed E-state index contributed by atoms with van der Waals surface area (Å²) in [6, 6.07) is 4.82. The van der Waals surface area contributed by atoms with E-state index in [1.54, 1.807) is 25.3 Å². The minimum atomic E-state index is -3.71. The largest absolute Gasteiger partial charge is 0.496 e. The molecule has 0 radical (unpaired) electrons. The van der Waals surface area contributed by atoms with E-state index in [0.29, 0.717) is 38.1 Å². The van der Waals surface area contributed by atoms with Crippen molar-refractivity contribution < 1.29 is 17.9 Å². The number of nitrogens with one attached hydrogen (secondary N) is 1. The number of sulfonamides is 1. The van der Waals surface area contributed by atoms with Gasteiger partial charge in [0.05, 0.1) is 12.0 Å². The molecule has 2 aliphatic heterocycles. The number of hydrogen-bond acceptors (Lipinski definition) is 4. The molecule has 1 aromatic rings. The Labute approximate surface area is 136 Å². The van der Waals surface area contributed by atoms with Crippen molar-refractivity contribution in [1.82, 2.24) is 9.62 Å². The second-order valence-electron chi connectivity index (χ2n) is 6.20. The summed E-state index contributed by atoms with van der Waals surface area (Å²) in [6.45, 7) is 2.82. The van der Waals surface area contributed by atoms with Crippen molar-refractivity contribution in [2.45, 2.75) is 43.0 Å². The predicted octanol–water partition coefficient (Wildman–Crippen LogP) is 1.44. The van der Waals surface area contributed by atoms with Crippen molar-refractivity contribution >= 4 is 15.9 Å². The molecule has 1 spiro atoms. The van der Waals surface area contributed by atoms with E-state index in [0.717, 1.165) is 12.0 Å². The standard InChI is InChI=1S/C16H22N2O4S/c1-12-11-13(5-6-14(12)22-2)23(20,21)18-10-4-8-16(18)7-3-9-17-15(16)19/h5-6,11H,3-4,7-10H2,1-2H3,(H,17,19). The van der Waals surface area contributed by atoms with Crippen LogP contribution < -0.4 is 10.1 Å². The lowest BCUT2D eigenvalue weighted by Gasteiger charge is -2.39. The van der Waals surface area contributed by atoms with Crippen LogP contribution in [0, 0.1) is 6.92 Å². The monoisotopic (exact) mass is 338 g/mol. The van der Waals surface area contributed by atoms with Gasteiger partial charge in [0.25, 0.3) is 0 Å². The van der Waals surface area contributed by atoms with Crippen molar-refractivity contribution in [3.05, 3.63) is 23.8 Å². The van der Waals surface area contributed by atoms with Crippen LogP contribution in [0.3, 0.4) is 0 Å². The van der Waals surface area contributed by atoms with E-state index in [2.05, 4.69) is 5.32 Å². The van der Waals surface area contributed by atoms with E-state index in [1.165, 1.54) is 4.31 Å². The molecule has 7 heteroatoms. The SMILES string of the molecule is COc1ccc(S(=O)(=O)N2CCCC23CCCNC3=O)cc1C. The maximum absolute atomic E-state index is 13.1. The minimum Gasteiger partial charge on any atom is -0.496 e. The van der Waals surface area contributed by atoms with Crippen LogP contribution in [0.4, 0.5) is 0 Å². The van der Waals surface area contributed by atoms with Crippen molar-refractivity contribution in [2.75, 3.05) is 20.2 Å². The molecule has 0 saturated carbocycles. The Kier molecular flexibility index (Phi) is 4.10. The Morgan fingerprint density at radius 3 is 2.65 bits per heavy atom. The summed E-state index contributed by atoms with van der Waals surface area (Å²) in [5, 5.41) is 2.83. The molecule has 2 fully saturated rings. The number of benzene rings is 1. The molecule has 126 valence electrons. The molecule has 2 saturated heterocycles. The molecular weight excluding hydrogens is 316 g/mol. The molecule has 1 amide bonds.